The third kappa shape index (κ3) is 5.59. The number of thioether (sulfide) groups is 1. The largest absolute Gasteiger partial charge is 0.353 e. The predicted octanol–water partition coefficient (Wildman–Crippen LogP) is 1.06. The zero-order chi connectivity index (χ0) is 13.4. The number of hydrogen-bond donors (Lipinski definition) is 2. The van der Waals surface area contributed by atoms with E-state index in [2.05, 4.69) is 17.3 Å². The highest BCUT2D eigenvalue weighted by molar-refractivity contribution is 7.98. The van der Waals surface area contributed by atoms with Gasteiger partial charge in [0.1, 0.15) is 0 Å². The summed E-state index contributed by atoms with van der Waals surface area (Å²) in [5, 5.41) is 2.93. The van der Waals surface area contributed by atoms with Gasteiger partial charge >= 0.3 is 0 Å². The van der Waals surface area contributed by atoms with Crippen LogP contribution >= 0.6 is 11.8 Å². The standard InChI is InChI=1S/C13H27N3OS/c1-16(11-5-3-4-6-11)9-8-15-13(17)12(14)7-10-18-2/h11-12H,3-10,14H2,1-2H3,(H,15,17)/t12-/m1/s1. The molecule has 5 heteroatoms. The molecular formula is C13H27N3OS. The normalized spacial score (nSPS) is 18.2. The number of likely N-dealkylation sites (N-methyl/N-ethyl adjacent to an activating group) is 1. The van der Waals surface area contributed by atoms with Crippen molar-refractivity contribution in [3.8, 4) is 0 Å². The molecule has 0 saturated heterocycles. The minimum atomic E-state index is -0.353. The Kier molecular flexibility index (Phi) is 7.70. The predicted molar refractivity (Wildman–Crippen MR) is 78.9 cm³/mol. The molecule has 3 N–H and O–H groups in total. The second kappa shape index (κ2) is 8.77. The van der Waals surface area contributed by atoms with Crippen LogP contribution in [-0.2, 0) is 4.79 Å². The fourth-order valence-corrected chi connectivity index (χ4v) is 2.88. The first kappa shape index (κ1) is 15.8. The Morgan fingerprint density at radius 2 is 2.17 bits per heavy atom. The van der Waals surface area contributed by atoms with Gasteiger partial charge in [-0.1, -0.05) is 12.8 Å². The van der Waals surface area contributed by atoms with E-state index < -0.39 is 0 Å². The highest BCUT2D eigenvalue weighted by Gasteiger charge is 2.19. The Labute approximate surface area is 115 Å². The summed E-state index contributed by atoms with van der Waals surface area (Å²) >= 11 is 1.72. The fraction of sp³-hybridized carbons (Fsp3) is 0.923. The number of nitrogens with one attached hydrogen (secondary N) is 1. The van der Waals surface area contributed by atoms with E-state index in [0.717, 1.165) is 18.7 Å². The molecule has 0 radical (unpaired) electrons. The number of rotatable bonds is 8. The summed E-state index contributed by atoms with van der Waals surface area (Å²) in [6, 6.07) is 0.362. The van der Waals surface area contributed by atoms with Gasteiger partial charge in [-0.05, 0) is 38.3 Å². The van der Waals surface area contributed by atoms with Gasteiger partial charge in [-0.2, -0.15) is 11.8 Å². The van der Waals surface area contributed by atoms with Crippen LogP contribution in [0.15, 0.2) is 0 Å². The van der Waals surface area contributed by atoms with E-state index in [1.165, 1.54) is 25.7 Å². The van der Waals surface area contributed by atoms with E-state index in [1.807, 2.05) is 6.26 Å². The molecule has 18 heavy (non-hydrogen) atoms. The molecule has 1 aliphatic rings. The molecule has 0 bridgehead atoms. The van der Waals surface area contributed by atoms with Crippen molar-refractivity contribution in [2.24, 2.45) is 5.73 Å². The second-order valence-electron chi connectivity index (χ2n) is 5.10. The maximum atomic E-state index is 11.7. The average molecular weight is 273 g/mol. The number of carbonyl (C=O) groups excluding carboxylic acids is 1. The second-order valence-corrected chi connectivity index (χ2v) is 6.08. The van der Waals surface area contributed by atoms with Crippen LogP contribution in [0.3, 0.4) is 0 Å². The van der Waals surface area contributed by atoms with Crippen molar-refractivity contribution >= 4 is 17.7 Å². The van der Waals surface area contributed by atoms with Crippen molar-refractivity contribution in [2.45, 2.75) is 44.2 Å². The molecule has 0 aromatic heterocycles. The summed E-state index contributed by atoms with van der Waals surface area (Å²) in [5.74, 6) is 0.931. The lowest BCUT2D eigenvalue weighted by molar-refractivity contribution is -0.122. The maximum absolute atomic E-state index is 11.7. The summed E-state index contributed by atoms with van der Waals surface area (Å²) in [6.45, 7) is 1.63. The summed E-state index contributed by atoms with van der Waals surface area (Å²) in [4.78, 5) is 14.0. The molecular weight excluding hydrogens is 246 g/mol. The molecule has 0 spiro atoms. The molecule has 0 heterocycles. The van der Waals surface area contributed by atoms with Gasteiger partial charge < -0.3 is 16.0 Å². The lowest BCUT2D eigenvalue weighted by Gasteiger charge is -2.24. The number of nitrogens with two attached hydrogens (primary N) is 1. The van der Waals surface area contributed by atoms with Gasteiger partial charge in [-0.3, -0.25) is 4.79 Å². The molecule has 1 aliphatic carbocycles. The highest BCUT2D eigenvalue weighted by atomic mass is 32.2. The van der Waals surface area contributed by atoms with E-state index >= 15 is 0 Å². The van der Waals surface area contributed by atoms with Crippen molar-refractivity contribution in [1.29, 1.82) is 0 Å². The first-order valence-corrected chi connectivity index (χ1v) is 8.27. The molecule has 4 nitrogen and oxygen atoms in total. The topological polar surface area (TPSA) is 58.4 Å². The Morgan fingerprint density at radius 3 is 2.78 bits per heavy atom. The van der Waals surface area contributed by atoms with Gasteiger partial charge in [0.15, 0.2) is 0 Å². The minimum Gasteiger partial charge on any atom is -0.353 e. The molecule has 0 aliphatic heterocycles. The van der Waals surface area contributed by atoms with Crippen molar-refractivity contribution in [2.75, 3.05) is 32.1 Å². The number of carbonyl (C=O) groups is 1. The molecule has 1 saturated carbocycles. The number of hydrogen-bond acceptors (Lipinski definition) is 4. The SMILES string of the molecule is CSCC[C@@H](N)C(=O)NCCN(C)C1CCCC1. The van der Waals surface area contributed by atoms with Gasteiger partial charge in [0.2, 0.25) is 5.91 Å². The monoisotopic (exact) mass is 273 g/mol. The van der Waals surface area contributed by atoms with E-state index in [4.69, 9.17) is 5.73 Å². The lowest BCUT2D eigenvalue weighted by Crippen LogP contribution is -2.44. The Hall–Kier alpha value is -0.260. The summed E-state index contributed by atoms with van der Waals surface area (Å²) < 4.78 is 0. The van der Waals surface area contributed by atoms with Crippen LogP contribution in [0.1, 0.15) is 32.1 Å². The molecule has 0 aromatic carbocycles. The first-order chi connectivity index (χ1) is 8.65. The van der Waals surface area contributed by atoms with Crippen molar-refractivity contribution in [3.05, 3.63) is 0 Å². The smallest absolute Gasteiger partial charge is 0.236 e. The third-order valence-corrected chi connectivity index (χ3v) is 4.33. The Morgan fingerprint density at radius 1 is 1.50 bits per heavy atom. The maximum Gasteiger partial charge on any atom is 0.236 e. The molecule has 1 amide bonds. The Bertz CT molecular complexity index is 244. The third-order valence-electron chi connectivity index (χ3n) is 3.68. The number of nitrogens with zero attached hydrogens (tertiary/aromatic N) is 1. The van der Waals surface area contributed by atoms with Crippen LogP contribution in [0.25, 0.3) is 0 Å². The highest BCUT2D eigenvalue weighted by Crippen LogP contribution is 2.21. The van der Waals surface area contributed by atoms with Crippen LogP contribution in [-0.4, -0.2) is 55.0 Å². The van der Waals surface area contributed by atoms with E-state index in [1.54, 1.807) is 11.8 Å². The average Bonchev–Trinajstić information content (AvgIpc) is 2.89. The van der Waals surface area contributed by atoms with Gasteiger partial charge in [0.05, 0.1) is 6.04 Å². The van der Waals surface area contributed by atoms with Crippen molar-refractivity contribution in [3.63, 3.8) is 0 Å². The van der Waals surface area contributed by atoms with E-state index in [0.29, 0.717) is 12.6 Å². The van der Waals surface area contributed by atoms with Crippen LogP contribution in [0, 0.1) is 0 Å². The quantitative estimate of drug-likeness (QED) is 0.694. The Balaban J connectivity index is 2.10. The molecule has 1 atom stereocenters. The summed E-state index contributed by atoms with van der Waals surface area (Å²) in [5.41, 5.74) is 5.80. The lowest BCUT2D eigenvalue weighted by atomic mass is 10.2. The molecule has 0 unspecified atom stereocenters. The van der Waals surface area contributed by atoms with Gasteiger partial charge in [-0.15, -0.1) is 0 Å². The van der Waals surface area contributed by atoms with Gasteiger partial charge in [0.25, 0.3) is 0 Å². The molecule has 106 valence electrons. The summed E-state index contributed by atoms with van der Waals surface area (Å²) in [7, 11) is 2.15. The molecule has 0 aromatic rings. The van der Waals surface area contributed by atoms with Crippen LogP contribution in [0.5, 0.6) is 0 Å². The number of amides is 1. The molecule has 1 fully saturated rings. The first-order valence-electron chi connectivity index (χ1n) is 6.87. The van der Waals surface area contributed by atoms with Gasteiger partial charge in [0, 0.05) is 19.1 Å². The van der Waals surface area contributed by atoms with Crippen LogP contribution in [0.2, 0.25) is 0 Å². The van der Waals surface area contributed by atoms with Crippen molar-refractivity contribution in [1.82, 2.24) is 10.2 Å². The van der Waals surface area contributed by atoms with Gasteiger partial charge in [-0.25, -0.2) is 0 Å². The van der Waals surface area contributed by atoms with Crippen molar-refractivity contribution < 1.29 is 4.79 Å². The van der Waals surface area contributed by atoms with E-state index in [-0.39, 0.29) is 11.9 Å². The van der Waals surface area contributed by atoms with Crippen LogP contribution in [0.4, 0.5) is 0 Å². The zero-order valence-corrected chi connectivity index (χ0v) is 12.5. The minimum absolute atomic E-state index is 0.0103. The zero-order valence-electron chi connectivity index (χ0n) is 11.7. The molecule has 1 rings (SSSR count). The fourth-order valence-electron chi connectivity index (χ4n) is 2.39. The van der Waals surface area contributed by atoms with E-state index in [9.17, 15) is 4.79 Å². The summed E-state index contributed by atoms with van der Waals surface area (Å²) in [6.07, 6.45) is 8.09. The van der Waals surface area contributed by atoms with Crippen LogP contribution < -0.4 is 11.1 Å².